The molecule has 1 saturated heterocycles. The van der Waals surface area contributed by atoms with Gasteiger partial charge >= 0.3 is 0 Å². The van der Waals surface area contributed by atoms with Crippen molar-refractivity contribution >= 4 is 40.6 Å². The minimum Gasteiger partial charge on any atom is -0.303 e. The van der Waals surface area contributed by atoms with Gasteiger partial charge in [-0.3, -0.25) is 9.59 Å². The molecule has 5 heteroatoms. The van der Waals surface area contributed by atoms with Crippen molar-refractivity contribution in [2.45, 2.75) is 13.3 Å². The number of hydrogen-bond acceptors (Lipinski definition) is 2. The van der Waals surface area contributed by atoms with Crippen molar-refractivity contribution in [1.82, 2.24) is 0 Å². The molecule has 0 spiro atoms. The van der Waals surface area contributed by atoms with Crippen LogP contribution in [0, 0.1) is 6.92 Å². The molecular formula is C11H9Cl2NO2. The fourth-order valence-electron chi connectivity index (χ4n) is 1.82. The molecule has 1 fully saturated rings. The van der Waals surface area contributed by atoms with Gasteiger partial charge in [-0.1, -0.05) is 23.2 Å². The zero-order valence-corrected chi connectivity index (χ0v) is 10.1. The summed E-state index contributed by atoms with van der Waals surface area (Å²) in [5.41, 5.74) is 1.38. The highest BCUT2D eigenvalue weighted by Crippen LogP contribution is 2.34. The maximum Gasteiger partial charge on any atom is 0.234 e. The van der Waals surface area contributed by atoms with Gasteiger partial charge in [0.15, 0.2) is 5.78 Å². The summed E-state index contributed by atoms with van der Waals surface area (Å²) in [6, 6.07) is 3.29. The zero-order valence-electron chi connectivity index (χ0n) is 8.59. The molecule has 1 amide bonds. The molecule has 1 heterocycles. The number of nitrogens with zero attached hydrogens (tertiary/aromatic N) is 1. The number of carbonyl (C=O) groups excluding carboxylic acids is 2. The highest BCUT2D eigenvalue weighted by atomic mass is 35.5. The summed E-state index contributed by atoms with van der Waals surface area (Å²) < 4.78 is 0. The molecule has 0 unspecified atom stereocenters. The lowest BCUT2D eigenvalue weighted by Crippen LogP contribution is -2.25. The van der Waals surface area contributed by atoms with E-state index in [4.69, 9.17) is 23.2 Å². The zero-order chi connectivity index (χ0) is 11.9. The van der Waals surface area contributed by atoms with Crippen LogP contribution in [0.25, 0.3) is 0 Å². The van der Waals surface area contributed by atoms with Crippen LogP contribution in [-0.2, 0) is 9.59 Å². The fourth-order valence-corrected chi connectivity index (χ4v) is 2.52. The van der Waals surface area contributed by atoms with Crippen LogP contribution < -0.4 is 4.90 Å². The van der Waals surface area contributed by atoms with E-state index >= 15 is 0 Å². The number of ketones is 1. The van der Waals surface area contributed by atoms with E-state index < -0.39 is 0 Å². The van der Waals surface area contributed by atoms with Crippen molar-refractivity contribution in [3.8, 4) is 0 Å². The number of Topliss-reactive ketones (excluding diaryl/α,β-unsaturated/α-hetero) is 1. The van der Waals surface area contributed by atoms with Gasteiger partial charge in [0.1, 0.15) is 0 Å². The van der Waals surface area contributed by atoms with Gasteiger partial charge in [0.2, 0.25) is 5.91 Å². The lowest BCUT2D eigenvalue weighted by Gasteiger charge is -2.19. The predicted octanol–water partition coefficient (Wildman–Crippen LogP) is 2.61. The SMILES string of the molecule is Cc1cc(Cl)cc(Cl)c1N1CC(=O)CC1=O. The van der Waals surface area contributed by atoms with Crippen LogP contribution in [0.1, 0.15) is 12.0 Å². The molecule has 0 bridgehead atoms. The van der Waals surface area contributed by atoms with Gasteiger partial charge in [0.05, 0.1) is 23.7 Å². The first-order chi connectivity index (χ1) is 7.49. The van der Waals surface area contributed by atoms with E-state index in [1.165, 1.54) is 4.90 Å². The third-order valence-electron chi connectivity index (χ3n) is 2.47. The monoisotopic (exact) mass is 257 g/mol. The number of hydrogen-bond donors (Lipinski definition) is 0. The minimum absolute atomic E-state index is 0.0433. The Kier molecular flexibility index (Phi) is 2.91. The van der Waals surface area contributed by atoms with Crippen LogP contribution in [0.4, 0.5) is 5.69 Å². The van der Waals surface area contributed by atoms with E-state index in [0.717, 1.165) is 5.56 Å². The second kappa shape index (κ2) is 4.07. The molecule has 1 aliphatic heterocycles. The maximum atomic E-state index is 11.6. The molecule has 84 valence electrons. The number of rotatable bonds is 1. The maximum absolute atomic E-state index is 11.6. The molecule has 0 atom stereocenters. The summed E-state index contributed by atoms with van der Waals surface area (Å²) in [7, 11) is 0. The Morgan fingerprint density at radius 3 is 2.44 bits per heavy atom. The third-order valence-corrected chi connectivity index (χ3v) is 2.98. The Hall–Kier alpha value is -1.06. The number of halogens is 2. The molecule has 2 rings (SSSR count). The lowest BCUT2D eigenvalue weighted by molar-refractivity contribution is -0.121. The third kappa shape index (κ3) is 1.93. The van der Waals surface area contributed by atoms with Crippen LogP contribution in [0.5, 0.6) is 0 Å². The van der Waals surface area contributed by atoms with Crippen molar-refractivity contribution in [3.63, 3.8) is 0 Å². The molecule has 0 N–H and O–H groups in total. The van der Waals surface area contributed by atoms with E-state index in [-0.39, 0.29) is 24.7 Å². The van der Waals surface area contributed by atoms with E-state index in [2.05, 4.69) is 0 Å². The van der Waals surface area contributed by atoms with E-state index in [1.807, 2.05) is 6.92 Å². The molecule has 0 saturated carbocycles. The van der Waals surface area contributed by atoms with Gasteiger partial charge < -0.3 is 4.90 Å². The Labute approximate surface area is 103 Å². The second-order valence-corrected chi connectivity index (χ2v) is 4.59. The molecule has 3 nitrogen and oxygen atoms in total. The summed E-state index contributed by atoms with van der Waals surface area (Å²) in [5, 5.41) is 0.914. The fraction of sp³-hybridized carbons (Fsp3) is 0.273. The molecular weight excluding hydrogens is 249 g/mol. The summed E-state index contributed by atoms with van der Waals surface area (Å²) in [6.45, 7) is 1.91. The average Bonchev–Trinajstić information content (AvgIpc) is 2.43. The topological polar surface area (TPSA) is 37.4 Å². The van der Waals surface area contributed by atoms with Gasteiger partial charge in [-0.2, -0.15) is 0 Å². The Morgan fingerprint density at radius 1 is 1.25 bits per heavy atom. The molecule has 0 radical (unpaired) electrons. The number of benzene rings is 1. The molecule has 1 aliphatic rings. The molecule has 1 aromatic carbocycles. The van der Waals surface area contributed by atoms with Crippen molar-refractivity contribution in [2.75, 3.05) is 11.4 Å². The quantitative estimate of drug-likeness (QED) is 0.726. The first kappa shape index (κ1) is 11.4. The first-order valence-corrected chi connectivity index (χ1v) is 5.52. The van der Waals surface area contributed by atoms with Gasteiger partial charge in [-0.25, -0.2) is 0 Å². The van der Waals surface area contributed by atoms with Crippen molar-refractivity contribution in [3.05, 3.63) is 27.7 Å². The summed E-state index contributed by atoms with van der Waals surface area (Å²) in [6.07, 6.45) is -0.0433. The van der Waals surface area contributed by atoms with Crippen molar-refractivity contribution in [2.24, 2.45) is 0 Å². The van der Waals surface area contributed by atoms with Crippen LogP contribution in [0.3, 0.4) is 0 Å². The van der Waals surface area contributed by atoms with Crippen molar-refractivity contribution < 1.29 is 9.59 Å². The Balaban J connectivity index is 2.48. The number of carbonyl (C=O) groups is 2. The van der Waals surface area contributed by atoms with Crippen LogP contribution in [-0.4, -0.2) is 18.2 Å². The van der Waals surface area contributed by atoms with Gasteiger partial charge in [-0.05, 0) is 24.6 Å². The Bertz CT molecular complexity index is 462. The summed E-state index contributed by atoms with van der Waals surface area (Å²) in [4.78, 5) is 24.2. The largest absolute Gasteiger partial charge is 0.303 e. The summed E-state index contributed by atoms with van der Waals surface area (Å²) >= 11 is 11.9. The van der Waals surface area contributed by atoms with Gasteiger partial charge in [-0.15, -0.1) is 0 Å². The normalized spacial score (nSPS) is 16.1. The van der Waals surface area contributed by atoms with E-state index in [9.17, 15) is 9.59 Å². The second-order valence-electron chi connectivity index (χ2n) is 3.75. The standard InChI is InChI=1S/C11H9Cl2NO2/c1-6-2-7(12)3-9(13)11(6)14-5-8(15)4-10(14)16/h2-3H,4-5H2,1H3. The smallest absolute Gasteiger partial charge is 0.234 e. The van der Waals surface area contributed by atoms with Gasteiger partial charge in [0.25, 0.3) is 0 Å². The van der Waals surface area contributed by atoms with E-state index in [1.54, 1.807) is 12.1 Å². The first-order valence-electron chi connectivity index (χ1n) is 4.77. The lowest BCUT2D eigenvalue weighted by atomic mass is 10.2. The summed E-state index contributed by atoms with van der Waals surface area (Å²) in [5.74, 6) is -0.298. The van der Waals surface area contributed by atoms with Crippen LogP contribution in [0.15, 0.2) is 12.1 Å². The number of amides is 1. The molecule has 16 heavy (non-hydrogen) atoms. The number of anilines is 1. The number of aryl methyl sites for hydroxylation is 1. The van der Waals surface area contributed by atoms with Crippen molar-refractivity contribution in [1.29, 1.82) is 0 Å². The van der Waals surface area contributed by atoms with E-state index in [0.29, 0.717) is 15.7 Å². The minimum atomic E-state index is -0.211. The van der Waals surface area contributed by atoms with Crippen LogP contribution >= 0.6 is 23.2 Å². The highest BCUT2D eigenvalue weighted by molar-refractivity contribution is 6.37. The molecule has 1 aromatic rings. The molecule has 0 aliphatic carbocycles. The Morgan fingerprint density at radius 2 is 1.94 bits per heavy atom. The molecule has 0 aromatic heterocycles. The predicted molar refractivity (Wildman–Crippen MR) is 63.2 cm³/mol. The highest BCUT2D eigenvalue weighted by Gasteiger charge is 2.30. The van der Waals surface area contributed by atoms with Gasteiger partial charge in [0, 0.05) is 5.02 Å². The van der Waals surface area contributed by atoms with Crippen LogP contribution in [0.2, 0.25) is 10.0 Å². The average molecular weight is 258 g/mol.